The number of carboxylic acids is 1. The van der Waals surface area contributed by atoms with Crippen molar-refractivity contribution in [3.63, 3.8) is 0 Å². The van der Waals surface area contributed by atoms with Crippen molar-refractivity contribution in [3.8, 4) is 0 Å². The Kier molecular flexibility index (Phi) is 4.48. The van der Waals surface area contributed by atoms with Gasteiger partial charge in [-0.1, -0.05) is 43.3 Å². The van der Waals surface area contributed by atoms with Gasteiger partial charge in [-0.3, -0.25) is 4.79 Å². The normalized spacial score (nSPS) is 15.6. The molecule has 1 aliphatic heterocycles. The molecule has 0 radical (unpaired) electrons. The van der Waals surface area contributed by atoms with Gasteiger partial charge in [-0.2, -0.15) is 10.1 Å². The average molecular weight is 333 g/mol. The molecular formula is C20H17N2O3-. The lowest BCUT2D eigenvalue weighted by atomic mass is 10.0. The highest BCUT2D eigenvalue weighted by Crippen LogP contribution is 2.25. The van der Waals surface area contributed by atoms with Gasteiger partial charge in [0.05, 0.1) is 22.9 Å². The molecule has 1 heterocycles. The summed E-state index contributed by atoms with van der Waals surface area (Å²) in [5, 5.41) is 16.5. The summed E-state index contributed by atoms with van der Waals surface area (Å²) in [6.45, 7) is 3.84. The molecule has 0 atom stereocenters. The molecular weight excluding hydrogens is 316 g/mol. The summed E-state index contributed by atoms with van der Waals surface area (Å²) in [7, 11) is 0. The highest BCUT2D eigenvalue weighted by molar-refractivity contribution is 6.32. The number of anilines is 1. The van der Waals surface area contributed by atoms with E-state index in [1.54, 1.807) is 25.1 Å². The van der Waals surface area contributed by atoms with Crippen LogP contribution in [0.3, 0.4) is 0 Å². The van der Waals surface area contributed by atoms with Crippen molar-refractivity contribution < 1.29 is 14.7 Å². The summed E-state index contributed by atoms with van der Waals surface area (Å²) in [5.74, 6) is -1.58. The molecule has 126 valence electrons. The molecule has 0 unspecified atom stereocenters. The number of hydrogen-bond acceptors (Lipinski definition) is 4. The van der Waals surface area contributed by atoms with Crippen LogP contribution in [0.5, 0.6) is 0 Å². The Balaban J connectivity index is 1.91. The van der Waals surface area contributed by atoms with Crippen LogP contribution < -0.4 is 10.1 Å². The van der Waals surface area contributed by atoms with Gasteiger partial charge < -0.3 is 9.90 Å². The molecule has 5 nitrogen and oxygen atoms in total. The van der Waals surface area contributed by atoms with Crippen molar-refractivity contribution in [3.05, 3.63) is 70.8 Å². The third-order valence-corrected chi connectivity index (χ3v) is 4.09. The van der Waals surface area contributed by atoms with Crippen LogP contribution in [0.25, 0.3) is 6.08 Å². The molecule has 0 bridgehead atoms. The molecule has 0 aromatic heterocycles. The van der Waals surface area contributed by atoms with Gasteiger partial charge in [0.15, 0.2) is 0 Å². The summed E-state index contributed by atoms with van der Waals surface area (Å²) >= 11 is 0. The van der Waals surface area contributed by atoms with Gasteiger partial charge in [0, 0.05) is 0 Å². The summed E-state index contributed by atoms with van der Waals surface area (Å²) in [6, 6.07) is 14.0. The van der Waals surface area contributed by atoms with E-state index in [1.165, 1.54) is 22.7 Å². The second kappa shape index (κ2) is 6.73. The molecule has 0 fully saturated rings. The fraction of sp³-hybridized carbons (Fsp3) is 0.150. The first-order valence-corrected chi connectivity index (χ1v) is 8.01. The first kappa shape index (κ1) is 16.6. The number of aryl methyl sites for hydroxylation is 1. The van der Waals surface area contributed by atoms with Crippen molar-refractivity contribution >= 4 is 29.4 Å². The van der Waals surface area contributed by atoms with Crippen molar-refractivity contribution in [2.45, 2.75) is 20.3 Å². The zero-order valence-electron chi connectivity index (χ0n) is 14.0. The number of rotatable bonds is 4. The number of amides is 1. The minimum Gasteiger partial charge on any atom is -0.545 e. The van der Waals surface area contributed by atoms with Gasteiger partial charge in [0.25, 0.3) is 5.91 Å². The predicted molar refractivity (Wildman–Crippen MR) is 95.2 cm³/mol. The van der Waals surface area contributed by atoms with Crippen LogP contribution in [0.1, 0.15) is 35.3 Å². The van der Waals surface area contributed by atoms with E-state index in [2.05, 4.69) is 12.0 Å². The Morgan fingerprint density at radius 1 is 1.20 bits per heavy atom. The van der Waals surface area contributed by atoms with Gasteiger partial charge in [-0.05, 0) is 48.2 Å². The lowest BCUT2D eigenvalue weighted by Crippen LogP contribution is -2.24. The molecule has 25 heavy (non-hydrogen) atoms. The zero-order chi connectivity index (χ0) is 18.0. The minimum atomic E-state index is -1.29. The Labute approximate surface area is 145 Å². The van der Waals surface area contributed by atoms with E-state index >= 15 is 0 Å². The third-order valence-electron chi connectivity index (χ3n) is 4.09. The summed E-state index contributed by atoms with van der Waals surface area (Å²) in [5.41, 5.74) is 3.62. The molecule has 0 spiro atoms. The van der Waals surface area contributed by atoms with Gasteiger partial charge >= 0.3 is 0 Å². The highest BCUT2D eigenvalue weighted by atomic mass is 16.4. The zero-order valence-corrected chi connectivity index (χ0v) is 14.0. The fourth-order valence-corrected chi connectivity index (χ4v) is 2.64. The standard InChI is InChI=1S/C20H18N2O3/c1-3-14-7-9-15(10-8-14)11-18-13(2)21-22(19(18)23)17-6-4-5-16(12-17)20(24)25/h4-12H,3H2,1-2H3,(H,24,25)/p-1/b18-11-. The van der Waals surface area contributed by atoms with E-state index in [1.807, 2.05) is 24.3 Å². The molecule has 5 heteroatoms. The Morgan fingerprint density at radius 3 is 2.56 bits per heavy atom. The maximum absolute atomic E-state index is 12.7. The lowest BCUT2D eigenvalue weighted by molar-refractivity contribution is -0.255. The van der Waals surface area contributed by atoms with Crippen molar-refractivity contribution in [2.24, 2.45) is 5.10 Å². The van der Waals surface area contributed by atoms with Crippen LogP contribution in [0.15, 0.2) is 59.2 Å². The Hall–Kier alpha value is -3.21. The van der Waals surface area contributed by atoms with Gasteiger partial charge in [0.2, 0.25) is 0 Å². The SMILES string of the molecule is CCc1ccc(/C=C2\C(=O)N(c3cccc(C(=O)[O-])c3)N=C2C)cc1. The number of benzene rings is 2. The molecule has 2 aromatic rings. The largest absolute Gasteiger partial charge is 0.545 e. The molecule has 0 saturated heterocycles. The van der Waals surface area contributed by atoms with E-state index in [9.17, 15) is 14.7 Å². The fourth-order valence-electron chi connectivity index (χ4n) is 2.64. The van der Waals surface area contributed by atoms with Crippen LogP contribution in [0.4, 0.5) is 5.69 Å². The predicted octanol–water partition coefficient (Wildman–Crippen LogP) is 2.42. The van der Waals surface area contributed by atoms with Crippen molar-refractivity contribution in [1.29, 1.82) is 0 Å². The molecule has 0 N–H and O–H groups in total. The van der Waals surface area contributed by atoms with Crippen LogP contribution in [-0.2, 0) is 11.2 Å². The van der Waals surface area contributed by atoms with Crippen LogP contribution in [-0.4, -0.2) is 17.6 Å². The van der Waals surface area contributed by atoms with Gasteiger partial charge in [-0.15, -0.1) is 0 Å². The Morgan fingerprint density at radius 2 is 1.92 bits per heavy atom. The number of hydrogen-bond donors (Lipinski definition) is 0. The quantitative estimate of drug-likeness (QED) is 0.807. The minimum absolute atomic E-state index is 0.00531. The van der Waals surface area contributed by atoms with Crippen LogP contribution in [0.2, 0.25) is 0 Å². The number of nitrogens with zero attached hydrogens (tertiary/aromatic N) is 2. The number of hydrazone groups is 1. The molecule has 3 rings (SSSR count). The van der Waals surface area contributed by atoms with E-state index in [-0.39, 0.29) is 11.5 Å². The monoisotopic (exact) mass is 333 g/mol. The lowest BCUT2D eigenvalue weighted by Gasteiger charge is -2.13. The second-order valence-electron chi connectivity index (χ2n) is 5.79. The van der Waals surface area contributed by atoms with E-state index in [4.69, 9.17) is 0 Å². The number of carbonyl (C=O) groups excluding carboxylic acids is 2. The summed E-state index contributed by atoms with van der Waals surface area (Å²) in [6.07, 6.45) is 2.75. The average Bonchev–Trinajstić information content (AvgIpc) is 2.90. The first-order valence-electron chi connectivity index (χ1n) is 8.01. The van der Waals surface area contributed by atoms with Crippen molar-refractivity contribution in [2.75, 3.05) is 5.01 Å². The molecule has 0 saturated carbocycles. The highest BCUT2D eigenvalue weighted by Gasteiger charge is 2.28. The first-order chi connectivity index (χ1) is 12.0. The van der Waals surface area contributed by atoms with E-state index in [0.29, 0.717) is 17.0 Å². The summed E-state index contributed by atoms with van der Waals surface area (Å²) in [4.78, 5) is 23.7. The smallest absolute Gasteiger partial charge is 0.280 e. The topological polar surface area (TPSA) is 72.8 Å². The van der Waals surface area contributed by atoms with E-state index < -0.39 is 5.97 Å². The maximum atomic E-state index is 12.7. The Bertz CT molecular complexity index is 895. The van der Waals surface area contributed by atoms with Crippen LogP contribution in [0, 0.1) is 0 Å². The summed E-state index contributed by atoms with van der Waals surface area (Å²) < 4.78 is 0. The van der Waals surface area contributed by atoms with E-state index in [0.717, 1.165) is 12.0 Å². The number of carbonyl (C=O) groups is 2. The second-order valence-corrected chi connectivity index (χ2v) is 5.79. The molecule has 1 amide bonds. The number of aromatic carboxylic acids is 1. The van der Waals surface area contributed by atoms with Gasteiger partial charge in [0.1, 0.15) is 0 Å². The molecule has 1 aliphatic rings. The van der Waals surface area contributed by atoms with Crippen LogP contribution >= 0.6 is 0 Å². The molecule has 2 aromatic carbocycles. The molecule has 0 aliphatic carbocycles. The number of carboxylic acid groups (broad SMARTS) is 1. The van der Waals surface area contributed by atoms with Gasteiger partial charge in [-0.25, -0.2) is 0 Å². The maximum Gasteiger partial charge on any atom is 0.280 e. The third kappa shape index (κ3) is 3.35. The van der Waals surface area contributed by atoms with Crippen molar-refractivity contribution in [1.82, 2.24) is 0 Å².